The number of pyridine rings is 1. The van der Waals surface area contributed by atoms with Crippen molar-refractivity contribution in [3.05, 3.63) is 103 Å². The highest BCUT2D eigenvalue weighted by molar-refractivity contribution is 7.89. The molecule has 0 fully saturated rings. The van der Waals surface area contributed by atoms with Crippen LogP contribution in [0.15, 0.2) is 96.2 Å². The number of rotatable bonds is 7. The first-order valence-electron chi connectivity index (χ1n) is 13.0. The van der Waals surface area contributed by atoms with Crippen LogP contribution in [-0.4, -0.2) is 37.3 Å². The maximum atomic E-state index is 14.1. The Labute approximate surface area is 229 Å². The number of aromatic nitrogens is 1. The van der Waals surface area contributed by atoms with Crippen LogP contribution in [0.1, 0.15) is 25.8 Å². The minimum Gasteiger partial charge on any atom is -0.488 e. The topological polar surface area (TPSA) is 62.7 Å². The van der Waals surface area contributed by atoms with Gasteiger partial charge in [0, 0.05) is 54.9 Å². The van der Waals surface area contributed by atoms with Crippen LogP contribution in [-0.2, 0) is 16.6 Å². The van der Waals surface area contributed by atoms with Crippen molar-refractivity contribution in [2.75, 3.05) is 18.5 Å². The van der Waals surface area contributed by atoms with E-state index in [4.69, 9.17) is 4.74 Å². The van der Waals surface area contributed by atoms with Gasteiger partial charge in [0.1, 0.15) is 23.1 Å². The van der Waals surface area contributed by atoms with E-state index in [0.29, 0.717) is 41.4 Å². The molecule has 0 spiro atoms. The minimum atomic E-state index is -3.86. The van der Waals surface area contributed by atoms with E-state index in [1.165, 1.54) is 16.4 Å². The van der Waals surface area contributed by atoms with Crippen LogP contribution in [0.2, 0.25) is 0 Å². The predicted octanol–water partition coefficient (Wildman–Crippen LogP) is 6.65. The van der Waals surface area contributed by atoms with Gasteiger partial charge in [0.15, 0.2) is 0 Å². The molecule has 3 aromatic carbocycles. The summed E-state index contributed by atoms with van der Waals surface area (Å²) in [5.41, 5.74) is 3.55. The molecule has 0 radical (unpaired) electrons. The lowest BCUT2D eigenvalue weighted by Crippen LogP contribution is -2.41. The van der Waals surface area contributed by atoms with Gasteiger partial charge >= 0.3 is 0 Å². The van der Waals surface area contributed by atoms with Crippen molar-refractivity contribution in [2.24, 2.45) is 5.92 Å². The van der Waals surface area contributed by atoms with Gasteiger partial charge in [-0.1, -0.05) is 50.2 Å². The van der Waals surface area contributed by atoms with Gasteiger partial charge in [-0.2, -0.15) is 4.31 Å². The number of ether oxygens (including phenoxy) is 1. The van der Waals surface area contributed by atoms with Gasteiger partial charge in [-0.25, -0.2) is 12.8 Å². The van der Waals surface area contributed by atoms with E-state index in [2.05, 4.69) is 23.7 Å². The normalized spacial score (nSPS) is 17.1. The summed E-state index contributed by atoms with van der Waals surface area (Å²) < 4.78 is 49.9. The smallest absolute Gasteiger partial charge is 0.245 e. The van der Waals surface area contributed by atoms with E-state index in [1.807, 2.05) is 42.5 Å². The second-order valence-corrected chi connectivity index (χ2v) is 12.2. The molecule has 1 aliphatic heterocycles. The highest BCUT2D eigenvalue weighted by atomic mass is 32.2. The summed E-state index contributed by atoms with van der Waals surface area (Å²) in [4.78, 5) is 6.42. The summed E-state index contributed by atoms with van der Waals surface area (Å²) >= 11 is 0. The number of likely N-dealkylation sites (N-methyl/N-ethyl adjacent to an activating group) is 1. The zero-order chi connectivity index (χ0) is 27.6. The summed E-state index contributed by atoms with van der Waals surface area (Å²) in [7, 11) is -2.21. The van der Waals surface area contributed by atoms with Gasteiger partial charge in [-0.15, -0.1) is 0 Å². The molecule has 4 aromatic rings. The zero-order valence-electron chi connectivity index (χ0n) is 22.3. The first kappa shape index (κ1) is 26.8. The summed E-state index contributed by atoms with van der Waals surface area (Å²) in [6, 6.07) is 22.8. The van der Waals surface area contributed by atoms with E-state index < -0.39 is 10.0 Å². The Morgan fingerprint density at radius 2 is 1.77 bits per heavy atom. The summed E-state index contributed by atoms with van der Waals surface area (Å²) in [6.07, 6.45) is 4.14. The molecule has 0 saturated heterocycles. The molecule has 0 N–H and O–H groups in total. The quantitative estimate of drug-likeness (QED) is 0.260. The number of anilines is 2. The Bertz CT molecular complexity index is 1530. The average molecular weight is 546 g/mol. The molecule has 0 saturated carbocycles. The number of hydrogen-bond donors (Lipinski definition) is 0. The Balaban J connectivity index is 1.72. The van der Waals surface area contributed by atoms with Gasteiger partial charge in [0.05, 0.1) is 5.69 Å². The van der Waals surface area contributed by atoms with Gasteiger partial charge in [0.25, 0.3) is 0 Å². The van der Waals surface area contributed by atoms with Gasteiger partial charge in [-0.3, -0.25) is 4.98 Å². The fourth-order valence-electron chi connectivity index (χ4n) is 4.98. The molecule has 39 heavy (non-hydrogen) atoms. The summed E-state index contributed by atoms with van der Waals surface area (Å²) in [5.74, 6) is 0.440. The van der Waals surface area contributed by atoms with E-state index >= 15 is 0 Å². The SMILES string of the molecule is CC(C)C[C@@H]1CN(c2ccccc2)c2cc(OCc3cccnc3)c(-c3ccc(F)cc3)cc2S(=O)(=O)N1C. The zero-order valence-corrected chi connectivity index (χ0v) is 23.1. The molecular formula is C31H32FN3O3S. The molecule has 0 unspecified atom stereocenters. The molecule has 1 aliphatic rings. The van der Waals surface area contributed by atoms with E-state index in [0.717, 1.165) is 11.3 Å². The monoisotopic (exact) mass is 545 g/mol. The first-order chi connectivity index (χ1) is 18.7. The van der Waals surface area contributed by atoms with E-state index in [-0.39, 0.29) is 23.4 Å². The van der Waals surface area contributed by atoms with Gasteiger partial charge in [-0.05, 0) is 54.3 Å². The van der Waals surface area contributed by atoms with Crippen molar-refractivity contribution in [3.63, 3.8) is 0 Å². The molecule has 202 valence electrons. The fraction of sp³-hybridized carbons (Fsp3) is 0.258. The lowest BCUT2D eigenvalue weighted by atomic mass is 10.0. The third-order valence-electron chi connectivity index (χ3n) is 7.00. The minimum absolute atomic E-state index is 0.188. The predicted molar refractivity (Wildman–Crippen MR) is 152 cm³/mol. The van der Waals surface area contributed by atoms with Crippen LogP contribution in [0.5, 0.6) is 5.75 Å². The Morgan fingerprint density at radius 1 is 1.03 bits per heavy atom. The number of hydrogen-bond acceptors (Lipinski definition) is 5. The van der Waals surface area contributed by atoms with Crippen LogP contribution < -0.4 is 9.64 Å². The van der Waals surface area contributed by atoms with Crippen molar-refractivity contribution in [2.45, 2.75) is 37.8 Å². The molecule has 1 aromatic heterocycles. The van der Waals surface area contributed by atoms with Crippen molar-refractivity contribution in [1.29, 1.82) is 0 Å². The first-order valence-corrected chi connectivity index (χ1v) is 14.4. The third kappa shape index (κ3) is 5.67. The molecule has 1 atom stereocenters. The second kappa shape index (κ2) is 11.2. The van der Waals surface area contributed by atoms with Crippen molar-refractivity contribution in [1.82, 2.24) is 9.29 Å². The fourth-order valence-corrected chi connectivity index (χ4v) is 6.54. The largest absolute Gasteiger partial charge is 0.488 e. The van der Waals surface area contributed by atoms with Gasteiger partial charge in [0.2, 0.25) is 10.0 Å². The maximum Gasteiger partial charge on any atom is 0.245 e. The van der Waals surface area contributed by atoms with Crippen LogP contribution in [0.4, 0.5) is 15.8 Å². The number of para-hydroxylation sites is 1. The lowest BCUT2D eigenvalue weighted by Gasteiger charge is -2.30. The Kier molecular flexibility index (Phi) is 7.68. The van der Waals surface area contributed by atoms with Crippen LogP contribution >= 0.6 is 0 Å². The molecule has 8 heteroatoms. The number of nitrogens with zero attached hydrogens (tertiary/aromatic N) is 3. The molecule has 2 heterocycles. The second-order valence-electron chi connectivity index (χ2n) is 10.2. The number of benzene rings is 3. The number of halogens is 1. The van der Waals surface area contributed by atoms with E-state index in [1.54, 1.807) is 43.7 Å². The van der Waals surface area contributed by atoms with Crippen LogP contribution in [0.3, 0.4) is 0 Å². The molecular weight excluding hydrogens is 513 g/mol. The highest BCUT2D eigenvalue weighted by Gasteiger charge is 2.38. The lowest BCUT2D eigenvalue weighted by molar-refractivity contribution is 0.307. The molecule has 0 bridgehead atoms. The standard InChI is InChI=1S/C31H32FN3O3S/c1-22(2)16-27-20-35(26-9-5-4-6-10-26)29-18-30(38-21-23-8-7-15-33-19-23)28(24-11-13-25(32)14-12-24)17-31(29)39(36,37)34(27)3/h4-15,17-19,22,27H,16,20-21H2,1-3H3/t27-/m1/s1. The van der Waals surface area contributed by atoms with Crippen LogP contribution in [0.25, 0.3) is 11.1 Å². The third-order valence-corrected chi connectivity index (χ3v) is 8.94. The molecule has 0 aliphatic carbocycles. The number of fused-ring (bicyclic) bond motifs is 1. The number of sulfonamides is 1. The van der Waals surface area contributed by atoms with Crippen molar-refractivity contribution in [3.8, 4) is 16.9 Å². The summed E-state index contributed by atoms with van der Waals surface area (Å²) in [5, 5.41) is 0. The van der Waals surface area contributed by atoms with Crippen molar-refractivity contribution < 1.29 is 17.5 Å². The van der Waals surface area contributed by atoms with Crippen molar-refractivity contribution >= 4 is 21.4 Å². The maximum absolute atomic E-state index is 14.1. The molecule has 6 nitrogen and oxygen atoms in total. The summed E-state index contributed by atoms with van der Waals surface area (Å²) in [6.45, 7) is 4.93. The Hall–Kier alpha value is -3.75. The molecule has 0 amide bonds. The van der Waals surface area contributed by atoms with Gasteiger partial charge < -0.3 is 9.64 Å². The van der Waals surface area contributed by atoms with E-state index in [9.17, 15) is 12.8 Å². The van der Waals surface area contributed by atoms with Crippen LogP contribution in [0, 0.1) is 11.7 Å². The average Bonchev–Trinajstić information content (AvgIpc) is 3.01. The highest BCUT2D eigenvalue weighted by Crippen LogP contribution is 2.44. The Morgan fingerprint density at radius 3 is 2.44 bits per heavy atom. The molecule has 5 rings (SSSR count).